The smallest absolute Gasteiger partial charge is 0.237 e. The summed E-state index contributed by atoms with van der Waals surface area (Å²) in [6, 6.07) is 10.1. The summed E-state index contributed by atoms with van der Waals surface area (Å²) in [6.07, 6.45) is 1.31. The highest BCUT2D eigenvalue weighted by Gasteiger charge is 2.27. The molecule has 1 aliphatic rings. The third kappa shape index (κ3) is 3.76. The van der Waals surface area contributed by atoms with Gasteiger partial charge in [-0.25, -0.2) is 0 Å². The Labute approximate surface area is 125 Å². The Morgan fingerprint density at radius 3 is 2.65 bits per heavy atom. The molecular weight excluding hydrogens is 270 g/mol. The minimum Gasteiger partial charge on any atom is -0.377 e. The Bertz CT molecular complexity index is 435. The Hall–Kier alpha value is -1.00. The SMILES string of the molecule is CC(C)N(C(=O)CS[C@@H]1CCO[C@H]1C)c1ccccc1. The van der Waals surface area contributed by atoms with Gasteiger partial charge in [-0.15, -0.1) is 11.8 Å². The van der Waals surface area contributed by atoms with Crippen LogP contribution in [0.15, 0.2) is 30.3 Å². The fourth-order valence-electron chi connectivity index (χ4n) is 2.50. The molecule has 0 aromatic heterocycles. The minimum absolute atomic E-state index is 0.169. The van der Waals surface area contributed by atoms with E-state index in [4.69, 9.17) is 4.74 Å². The largest absolute Gasteiger partial charge is 0.377 e. The molecule has 1 aromatic carbocycles. The number of amides is 1. The van der Waals surface area contributed by atoms with Crippen molar-refractivity contribution in [1.82, 2.24) is 0 Å². The number of hydrogen-bond acceptors (Lipinski definition) is 3. The first-order chi connectivity index (χ1) is 9.59. The van der Waals surface area contributed by atoms with Gasteiger partial charge in [0.1, 0.15) is 0 Å². The van der Waals surface area contributed by atoms with Crippen molar-refractivity contribution in [2.45, 2.75) is 44.6 Å². The van der Waals surface area contributed by atoms with E-state index in [1.165, 1.54) is 0 Å². The zero-order valence-electron chi connectivity index (χ0n) is 12.4. The van der Waals surface area contributed by atoms with Gasteiger partial charge in [-0.2, -0.15) is 0 Å². The van der Waals surface area contributed by atoms with E-state index in [2.05, 4.69) is 20.8 Å². The molecule has 0 radical (unpaired) electrons. The van der Waals surface area contributed by atoms with Gasteiger partial charge in [-0.05, 0) is 39.3 Å². The highest BCUT2D eigenvalue weighted by atomic mass is 32.2. The monoisotopic (exact) mass is 293 g/mol. The van der Waals surface area contributed by atoms with Crippen LogP contribution in [0.25, 0.3) is 0 Å². The van der Waals surface area contributed by atoms with Crippen LogP contribution in [-0.4, -0.2) is 35.7 Å². The Balaban J connectivity index is 1.97. The van der Waals surface area contributed by atoms with Gasteiger partial charge in [0, 0.05) is 23.6 Å². The highest BCUT2D eigenvalue weighted by Crippen LogP contribution is 2.27. The van der Waals surface area contributed by atoms with Crippen LogP contribution in [0.4, 0.5) is 5.69 Å². The average molecular weight is 293 g/mol. The molecule has 1 aromatic rings. The molecule has 0 unspecified atom stereocenters. The van der Waals surface area contributed by atoms with Crippen molar-refractivity contribution in [3.05, 3.63) is 30.3 Å². The molecule has 0 aliphatic carbocycles. The summed E-state index contributed by atoms with van der Waals surface area (Å²) in [4.78, 5) is 14.4. The van der Waals surface area contributed by atoms with Crippen molar-refractivity contribution in [3.63, 3.8) is 0 Å². The topological polar surface area (TPSA) is 29.5 Å². The van der Waals surface area contributed by atoms with E-state index in [9.17, 15) is 4.79 Å². The first kappa shape index (κ1) is 15.4. The zero-order chi connectivity index (χ0) is 14.5. The number of hydrogen-bond donors (Lipinski definition) is 0. The number of carbonyl (C=O) groups excluding carboxylic acids is 1. The van der Waals surface area contributed by atoms with Gasteiger partial charge >= 0.3 is 0 Å². The lowest BCUT2D eigenvalue weighted by atomic mass is 10.2. The maximum absolute atomic E-state index is 12.5. The van der Waals surface area contributed by atoms with E-state index in [1.807, 2.05) is 35.2 Å². The Morgan fingerprint density at radius 1 is 1.40 bits per heavy atom. The van der Waals surface area contributed by atoms with Crippen molar-refractivity contribution in [2.75, 3.05) is 17.3 Å². The predicted molar refractivity (Wildman–Crippen MR) is 85.3 cm³/mol. The van der Waals surface area contributed by atoms with E-state index >= 15 is 0 Å². The number of nitrogens with zero attached hydrogens (tertiary/aromatic N) is 1. The molecule has 1 fully saturated rings. The predicted octanol–water partition coefficient (Wildman–Crippen LogP) is 3.34. The molecule has 0 N–H and O–H groups in total. The third-order valence-electron chi connectivity index (χ3n) is 3.55. The van der Waals surface area contributed by atoms with Crippen molar-refractivity contribution in [3.8, 4) is 0 Å². The lowest BCUT2D eigenvalue weighted by molar-refractivity contribution is -0.116. The van der Waals surface area contributed by atoms with E-state index in [0.29, 0.717) is 11.0 Å². The lowest BCUT2D eigenvalue weighted by Gasteiger charge is -2.27. The average Bonchev–Trinajstić information content (AvgIpc) is 2.83. The van der Waals surface area contributed by atoms with Gasteiger partial charge in [0.25, 0.3) is 0 Å². The molecule has 1 amide bonds. The lowest BCUT2D eigenvalue weighted by Crippen LogP contribution is -2.38. The summed E-state index contributed by atoms with van der Waals surface area (Å²) in [6.45, 7) is 7.01. The summed E-state index contributed by atoms with van der Waals surface area (Å²) in [5.41, 5.74) is 0.976. The minimum atomic E-state index is 0.169. The molecule has 0 spiro atoms. The summed E-state index contributed by atoms with van der Waals surface area (Å²) >= 11 is 1.72. The van der Waals surface area contributed by atoms with Crippen LogP contribution in [0.2, 0.25) is 0 Å². The number of thioether (sulfide) groups is 1. The second-order valence-corrected chi connectivity index (χ2v) is 6.63. The maximum Gasteiger partial charge on any atom is 0.237 e. The summed E-state index contributed by atoms with van der Waals surface area (Å²) in [5.74, 6) is 0.695. The molecule has 0 bridgehead atoms. The van der Waals surface area contributed by atoms with Crippen molar-refractivity contribution in [1.29, 1.82) is 0 Å². The van der Waals surface area contributed by atoms with Crippen molar-refractivity contribution >= 4 is 23.4 Å². The van der Waals surface area contributed by atoms with Crippen LogP contribution in [0.5, 0.6) is 0 Å². The molecular formula is C16H23NO2S. The van der Waals surface area contributed by atoms with E-state index < -0.39 is 0 Å². The van der Waals surface area contributed by atoms with Gasteiger partial charge in [-0.1, -0.05) is 18.2 Å². The molecule has 20 heavy (non-hydrogen) atoms. The third-order valence-corrected chi connectivity index (χ3v) is 5.01. The van der Waals surface area contributed by atoms with Crippen molar-refractivity contribution in [2.24, 2.45) is 0 Å². The van der Waals surface area contributed by atoms with E-state index in [-0.39, 0.29) is 18.1 Å². The van der Waals surface area contributed by atoms with E-state index in [0.717, 1.165) is 18.7 Å². The van der Waals surface area contributed by atoms with Gasteiger partial charge in [0.2, 0.25) is 5.91 Å². The fraction of sp³-hybridized carbons (Fsp3) is 0.562. The van der Waals surface area contributed by atoms with Crippen LogP contribution in [-0.2, 0) is 9.53 Å². The number of rotatable bonds is 5. The summed E-state index contributed by atoms with van der Waals surface area (Å²) < 4.78 is 5.54. The molecule has 110 valence electrons. The Morgan fingerprint density at radius 2 is 2.10 bits per heavy atom. The highest BCUT2D eigenvalue weighted by molar-refractivity contribution is 8.00. The molecule has 0 saturated carbocycles. The quantitative estimate of drug-likeness (QED) is 0.834. The molecule has 1 heterocycles. The molecule has 1 aliphatic heterocycles. The van der Waals surface area contributed by atoms with Gasteiger partial charge in [-0.3, -0.25) is 4.79 Å². The Kier molecular flexibility index (Phi) is 5.49. The van der Waals surface area contributed by atoms with Gasteiger partial charge in [0.15, 0.2) is 0 Å². The first-order valence-corrected chi connectivity index (χ1v) is 8.24. The van der Waals surface area contributed by atoms with Crippen LogP contribution < -0.4 is 4.90 Å². The van der Waals surface area contributed by atoms with Gasteiger partial charge < -0.3 is 9.64 Å². The molecule has 2 atom stereocenters. The normalized spacial score (nSPS) is 22.2. The molecule has 2 rings (SSSR count). The van der Waals surface area contributed by atoms with Crippen LogP contribution in [0, 0.1) is 0 Å². The summed E-state index contributed by atoms with van der Waals surface area (Å²) in [7, 11) is 0. The number of carbonyl (C=O) groups is 1. The molecule has 3 nitrogen and oxygen atoms in total. The van der Waals surface area contributed by atoms with Gasteiger partial charge in [0.05, 0.1) is 11.9 Å². The van der Waals surface area contributed by atoms with Crippen LogP contribution in [0.3, 0.4) is 0 Å². The molecule has 4 heteroatoms. The second kappa shape index (κ2) is 7.14. The van der Waals surface area contributed by atoms with Crippen LogP contribution in [0.1, 0.15) is 27.2 Å². The summed E-state index contributed by atoms with van der Waals surface area (Å²) in [5, 5.41) is 0.448. The zero-order valence-corrected chi connectivity index (χ0v) is 13.2. The van der Waals surface area contributed by atoms with E-state index in [1.54, 1.807) is 11.8 Å². The number of anilines is 1. The van der Waals surface area contributed by atoms with Crippen LogP contribution >= 0.6 is 11.8 Å². The maximum atomic E-state index is 12.5. The standard InChI is InChI=1S/C16H23NO2S/c1-12(2)17(14-7-5-4-6-8-14)16(18)11-20-15-9-10-19-13(15)3/h4-8,12-13,15H,9-11H2,1-3H3/t13-,15+/m0/s1. The number of para-hydroxylation sites is 1. The first-order valence-electron chi connectivity index (χ1n) is 7.20. The second-order valence-electron chi connectivity index (χ2n) is 5.41. The number of ether oxygens (including phenoxy) is 1. The molecule has 1 saturated heterocycles. The number of benzene rings is 1. The van der Waals surface area contributed by atoms with Crippen molar-refractivity contribution < 1.29 is 9.53 Å². The fourth-order valence-corrected chi connectivity index (χ4v) is 3.61.